The van der Waals surface area contributed by atoms with Crippen molar-refractivity contribution in [2.45, 2.75) is 30.6 Å². The maximum absolute atomic E-state index is 12.5. The third kappa shape index (κ3) is 2.72. The van der Waals surface area contributed by atoms with Crippen molar-refractivity contribution >= 4 is 18.5 Å². The predicted octanol–water partition coefficient (Wildman–Crippen LogP) is 1.76. The fraction of sp³-hybridized carbons (Fsp3) is 0.562. The van der Waals surface area contributed by atoms with Gasteiger partial charge < -0.3 is 10.0 Å². The number of amides is 1. The first-order valence-corrected chi connectivity index (χ1v) is 7.85. The van der Waals surface area contributed by atoms with Crippen LogP contribution in [0.15, 0.2) is 30.3 Å². The number of hydrogen-bond donors (Lipinski definition) is 2. The largest absolute Gasteiger partial charge is 0.393 e. The number of hydrogen-bond acceptors (Lipinski definition) is 3. The van der Waals surface area contributed by atoms with Gasteiger partial charge in [-0.15, -0.1) is 0 Å². The van der Waals surface area contributed by atoms with Crippen molar-refractivity contribution < 1.29 is 9.90 Å². The van der Waals surface area contributed by atoms with Crippen molar-refractivity contribution in [3.63, 3.8) is 0 Å². The van der Waals surface area contributed by atoms with Gasteiger partial charge in [-0.05, 0) is 30.7 Å². The maximum atomic E-state index is 12.5. The zero-order valence-electron chi connectivity index (χ0n) is 11.5. The molecule has 0 aromatic heterocycles. The second kappa shape index (κ2) is 5.78. The highest BCUT2D eigenvalue weighted by Crippen LogP contribution is 2.38. The van der Waals surface area contributed by atoms with E-state index in [4.69, 9.17) is 0 Å². The highest BCUT2D eigenvalue weighted by atomic mass is 32.1. The Balaban J connectivity index is 1.59. The molecule has 2 fully saturated rings. The van der Waals surface area contributed by atoms with Gasteiger partial charge in [-0.25, -0.2) is 0 Å². The smallest absolute Gasteiger partial charge is 0.235 e. The third-order valence-corrected chi connectivity index (χ3v) is 5.09. The summed E-state index contributed by atoms with van der Waals surface area (Å²) in [5.41, 5.74) is 1.14. The number of aliphatic hydroxyl groups excluding tert-OH is 1. The standard InChI is InChI=1S/C16H21NO2S/c18-14-7-6-12-9-17(10-13(12)14)16(19)15(20)8-11-4-2-1-3-5-11/h1-5,12-15,18,20H,6-10H2. The van der Waals surface area contributed by atoms with Crippen LogP contribution in [0.1, 0.15) is 18.4 Å². The van der Waals surface area contributed by atoms with Gasteiger partial charge in [-0.3, -0.25) is 4.79 Å². The Morgan fingerprint density at radius 1 is 1.30 bits per heavy atom. The average Bonchev–Trinajstić information content (AvgIpc) is 3.02. The lowest BCUT2D eigenvalue weighted by molar-refractivity contribution is -0.130. The van der Waals surface area contributed by atoms with Gasteiger partial charge in [0.2, 0.25) is 5.91 Å². The van der Waals surface area contributed by atoms with E-state index in [9.17, 15) is 9.90 Å². The van der Waals surface area contributed by atoms with Crippen molar-refractivity contribution in [1.82, 2.24) is 4.90 Å². The van der Waals surface area contributed by atoms with Crippen LogP contribution < -0.4 is 0 Å². The monoisotopic (exact) mass is 291 g/mol. The van der Waals surface area contributed by atoms with Crippen LogP contribution in [0.3, 0.4) is 0 Å². The zero-order valence-corrected chi connectivity index (χ0v) is 12.4. The van der Waals surface area contributed by atoms with E-state index in [0.717, 1.165) is 24.9 Å². The minimum absolute atomic E-state index is 0.110. The summed E-state index contributed by atoms with van der Waals surface area (Å²) in [5.74, 6) is 0.890. The van der Waals surface area contributed by atoms with E-state index < -0.39 is 0 Å². The van der Waals surface area contributed by atoms with Crippen LogP contribution in [0.25, 0.3) is 0 Å². The highest BCUT2D eigenvalue weighted by molar-refractivity contribution is 7.81. The van der Waals surface area contributed by atoms with Crippen molar-refractivity contribution in [2.75, 3.05) is 13.1 Å². The number of aliphatic hydroxyl groups is 1. The molecular formula is C16H21NO2S. The van der Waals surface area contributed by atoms with E-state index in [1.807, 2.05) is 35.2 Å². The van der Waals surface area contributed by atoms with Crippen LogP contribution in [0.4, 0.5) is 0 Å². The molecule has 108 valence electrons. The Morgan fingerprint density at radius 2 is 2.05 bits per heavy atom. The lowest BCUT2D eigenvalue weighted by Crippen LogP contribution is -2.37. The molecule has 0 spiro atoms. The molecule has 4 atom stereocenters. The summed E-state index contributed by atoms with van der Waals surface area (Å²) >= 11 is 4.49. The molecule has 4 unspecified atom stereocenters. The number of nitrogens with zero attached hydrogens (tertiary/aromatic N) is 1. The topological polar surface area (TPSA) is 40.5 Å². The Morgan fingerprint density at radius 3 is 2.75 bits per heavy atom. The first kappa shape index (κ1) is 14.0. The molecule has 1 aromatic rings. The number of carbonyl (C=O) groups excluding carboxylic acids is 1. The van der Waals surface area contributed by atoms with E-state index in [0.29, 0.717) is 18.9 Å². The van der Waals surface area contributed by atoms with Crippen LogP contribution in [0.5, 0.6) is 0 Å². The van der Waals surface area contributed by atoms with Gasteiger partial charge >= 0.3 is 0 Å². The van der Waals surface area contributed by atoms with Crippen LogP contribution in [0.2, 0.25) is 0 Å². The summed E-state index contributed by atoms with van der Waals surface area (Å²) in [7, 11) is 0. The zero-order chi connectivity index (χ0) is 14.1. The van der Waals surface area contributed by atoms with Crippen LogP contribution >= 0.6 is 12.6 Å². The molecule has 0 radical (unpaired) electrons. The van der Waals surface area contributed by atoms with Crippen LogP contribution in [-0.2, 0) is 11.2 Å². The van der Waals surface area contributed by atoms with Gasteiger partial charge in [0.05, 0.1) is 11.4 Å². The van der Waals surface area contributed by atoms with Crippen molar-refractivity contribution in [1.29, 1.82) is 0 Å². The molecule has 20 heavy (non-hydrogen) atoms. The first-order chi connectivity index (χ1) is 9.65. The highest BCUT2D eigenvalue weighted by Gasteiger charge is 2.43. The molecule has 1 N–H and O–H groups in total. The van der Waals surface area contributed by atoms with Gasteiger partial charge in [-0.2, -0.15) is 12.6 Å². The fourth-order valence-electron chi connectivity index (χ4n) is 3.55. The summed E-state index contributed by atoms with van der Waals surface area (Å²) < 4.78 is 0. The van der Waals surface area contributed by atoms with Gasteiger partial charge in [-0.1, -0.05) is 30.3 Å². The predicted molar refractivity (Wildman–Crippen MR) is 81.7 cm³/mol. The summed E-state index contributed by atoms with van der Waals surface area (Å²) in [6, 6.07) is 9.99. The first-order valence-electron chi connectivity index (χ1n) is 7.34. The number of fused-ring (bicyclic) bond motifs is 1. The molecule has 4 heteroatoms. The Labute approximate surface area is 125 Å². The Bertz CT molecular complexity index is 479. The molecule has 1 saturated heterocycles. The van der Waals surface area contributed by atoms with E-state index in [-0.39, 0.29) is 23.2 Å². The Kier molecular flexibility index (Phi) is 4.03. The van der Waals surface area contributed by atoms with Crippen molar-refractivity contribution in [3.8, 4) is 0 Å². The molecule has 1 saturated carbocycles. The second-order valence-electron chi connectivity index (χ2n) is 6.02. The van der Waals surface area contributed by atoms with E-state index in [1.54, 1.807) is 0 Å². The maximum Gasteiger partial charge on any atom is 0.235 e. The summed E-state index contributed by atoms with van der Waals surface area (Å²) in [6.07, 6.45) is 2.39. The van der Waals surface area contributed by atoms with Crippen LogP contribution in [0, 0.1) is 11.8 Å². The van der Waals surface area contributed by atoms with Gasteiger partial charge in [0.1, 0.15) is 0 Å². The molecule has 1 aliphatic heterocycles. The van der Waals surface area contributed by atoms with E-state index in [2.05, 4.69) is 12.6 Å². The minimum atomic E-state index is -0.284. The lowest BCUT2D eigenvalue weighted by atomic mass is 10.00. The lowest BCUT2D eigenvalue weighted by Gasteiger charge is -2.22. The fourth-order valence-corrected chi connectivity index (χ4v) is 3.93. The molecular weight excluding hydrogens is 270 g/mol. The number of rotatable bonds is 3. The molecule has 1 aromatic carbocycles. The number of thiol groups is 1. The summed E-state index contributed by atoms with van der Waals surface area (Å²) in [4.78, 5) is 14.4. The van der Waals surface area contributed by atoms with E-state index in [1.165, 1.54) is 0 Å². The second-order valence-corrected chi connectivity index (χ2v) is 6.64. The van der Waals surface area contributed by atoms with Gasteiger partial charge in [0, 0.05) is 19.0 Å². The van der Waals surface area contributed by atoms with Crippen molar-refractivity contribution in [3.05, 3.63) is 35.9 Å². The Hall–Kier alpha value is -1.00. The quantitative estimate of drug-likeness (QED) is 0.833. The molecule has 3 rings (SSSR count). The van der Waals surface area contributed by atoms with Crippen LogP contribution in [-0.4, -0.2) is 40.4 Å². The SMILES string of the molecule is O=C(C(S)Cc1ccccc1)N1CC2CCC(O)C2C1. The third-order valence-electron chi connectivity index (χ3n) is 4.69. The normalized spacial score (nSPS) is 30.3. The summed E-state index contributed by atoms with van der Waals surface area (Å²) in [6.45, 7) is 1.50. The average molecular weight is 291 g/mol. The minimum Gasteiger partial charge on any atom is -0.393 e. The number of likely N-dealkylation sites (tertiary alicyclic amines) is 1. The number of carbonyl (C=O) groups is 1. The molecule has 2 aliphatic rings. The molecule has 3 nitrogen and oxygen atoms in total. The van der Waals surface area contributed by atoms with Crippen molar-refractivity contribution in [2.24, 2.45) is 11.8 Å². The summed E-state index contributed by atoms with van der Waals surface area (Å²) in [5, 5.41) is 9.63. The molecule has 1 amide bonds. The molecule has 1 heterocycles. The van der Waals surface area contributed by atoms with E-state index >= 15 is 0 Å². The molecule has 0 bridgehead atoms. The number of benzene rings is 1. The van der Waals surface area contributed by atoms with Gasteiger partial charge in [0.25, 0.3) is 0 Å². The molecule has 1 aliphatic carbocycles. The van der Waals surface area contributed by atoms with Gasteiger partial charge in [0.15, 0.2) is 0 Å².